The van der Waals surface area contributed by atoms with Crippen LogP contribution in [0.2, 0.25) is 0 Å². The van der Waals surface area contributed by atoms with Crippen LogP contribution in [0, 0.1) is 33.1 Å². The molecule has 1 aliphatic carbocycles. The average molecular weight is 521 g/mol. The van der Waals surface area contributed by atoms with E-state index in [2.05, 4.69) is 71.9 Å². The lowest BCUT2D eigenvalue weighted by atomic mass is 9.65. The molecular formula is C34H48O4. The minimum absolute atomic E-state index is 0.368. The average Bonchev–Trinajstić information content (AvgIpc) is 2.90. The Morgan fingerprint density at radius 3 is 1.71 bits per heavy atom. The number of ether oxygens (including phenoxy) is 2. The Hall–Kier alpha value is -2.56. The maximum atomic E-state index is 10.8. The first kappa shape index (κ1) is 30.0. The van der Waals surface area contributed by atoms with Crippen LogP contribution in [-0.4, -0.2) is 28.2 Å². The van der Waals surface area contributed by atoms with Gasteiger partial charge in [-0.3, -0.25) is 0 Å². The van der Waals surface area contributed by atoms with Gasteiger partial charge in [0.25, 0.3) is 0 Å². The topological polar surface area (TPSA) is 58.9 Å². The van der Waals surface area contributed by atoms with Gasteiger partial charge >= 0.3 is 0 Å². The first-order valence-corrected chi connectivity index (χ1v) is 14.2. The van der Waals surface area contributed by atoms with Gasteiger partial charge in [0.15, 0.2) is 0 Å². The largest absolute Gasteiger partial charge is 0.486 e. The predicted octanol–water partition coefficient (Wildman–Crippen LogP) is 8.30. The van der Waals surface area contributed by atoms with Crippen LogP contribution >= 0.6 is 0 Å². The van der Waals surface area contributed by atoms with Crippen molar-refractivity contribution < 1.29 is 19.7 Å². The van der Waals surface area contributed by atoms with Crippen molar-refractivity contribution in [1.29, 1.82) is 0 Å². The minimum atomic E-state index is -0.933. The van der Waals surface area contributed by atoms with E-state index in [1.165, 1.54) is 0 Å². The van der Waals surface area contributed by atoms with Crippen molar-refractivity contribution in [3.8, 4) is 22.6 Å². The molecule has 4 heteroatoms. The summed E-state index contributed by atoms with van der Waals surface area (Å²) in [6, 6.07) is 8.63. The summed E-state index contributed by atoms with van der Waals surface area (Å²) in [6.45, 7) is 18.8. The van der Waals surface area contributed by atoms with Crippen LogP contribution < -0.4 is 9.47 Å². The van der Waals surface area contributed by atoms with Crippen LogP contribution in [0.15, 0.2) is 48.1 Å². The molecule has 3 unspecified atom stereocenters. The fourth-order valence-corrected chi connectivity index (χ4v) is 6.11. The monoisotopic (exact) mass is 520 g/mol. The minimum Gasteiger partial charge on any atom is -0.486 e. The van der Waals surface area contributed by atoms with Crippen molar-refractivity contribution in [2.75, 3.05) is 0 Å². The van der Waals surface area contributed by atoms with Gasteiger partial charge in [-0.1, -0.05) is 45.9 Å². The number of benzene rings is 2. The number of aryl methyl sites for hydroxylation is 4. The molecule has 3 rings (SSSR count). The molecule has 2 aromatic carbocycles. The van der Waals surface area contributed by atoms with Crippen LogP contribution in [0.25, 0.3) is 11.1 Å². The zero-order valence-electron chi connectivity index (χ0n) is 24.9. The van der Waals surface area contributed by atoms with E-state index in [-0.39, 0.29) is 5.41 Å². The summed E-state index contributed by atoms with van der Waals surface area (Å²) < 4.78 is 12.9. The van der Waals surface area contributed by atoms with E-state index in [0.29, 0.717) is 0 Å². The van der Waals surface area contributed by atoms with Crippen LogP contribution in [0.3, 0.4) is 0 Å². The molecule has 0 saturated heterocycles. The third-order valence-electron chi connectivity index (χ3n) is 8.98. The predicted molar refractivity (Wildman–Crippen MR) is 158 cm³/mol. The molecule has 0 aliphatic heterocycles. The van der Waals surface area contributed by atoms with Crippen LogP contribution in [-0.2, 0) is 0 Å². The van der Waals surface area contributed by atoms with Crippen molar-refractivity contribution >= 4 is 0 Å². The van der Waals surface area contributed by atoms with E-state index in [0.717, 1.165) is 82.6 Å². The van der Waals surface area contributed by atoms with Crippen LogP contribution in [0.4, 0.5) is 0 Å². The van der Waals surface area contributed by atoms with Gasteiger partial charge in [-0.05, 0) is 130 Å². The van der Waals surface area contributed by atoms with Crippen LogP contribution in [0.5, 0.6) is 11.5 Å². The molecular weight excluding hydrogens is 472 g/mol. The highest BCUT2D eigenvalue weighted by Crippen LogP contribution is 2.47. The van der Waals surface area contributed by atoms with Gasteiger partial charge < -0.3 is 19.7 Å². The first-order valence-electron chi connectivity index (χ1n) is 14.2. The van der Waals surface area contributed by atoms with E-state index >= 15 is 0 Å². The van der Waals surface area contributed by atoms with Crippen LogP contribution in [0.1, 0.15) is 89.0 Å². The van der Waals surface area contributed by atoms with E-state index in [1.807, 2.05) is 32.9 Å². The van der Waals surface area contributed by atoms with Crippen molar-refractivity contribution in [3.63, 3.8) is 0 Å². The van der Waals surface area contributed by atoms with Gasteiger partial charge in [-0.15, -0.1) is 0 Å². The molecule has 0 saturated carbocycles. The highest BCUT2D eigenvalue weighted by atomic mass is 16.6. The third-order valence-corrected chi connectivity index (χ3v) is 8.98. The summed E-state index contributed by atoms with van der Waals surface area (Å²) in [7, 11) is 0. The lowest BCUT2D eigenvalue weighted by Crippen LogP contribution is -2.55. The molecule has 1 aliphatic rings. The molecule has 0 amide bonds. The van der Waals surface area contributed by atoms with Gasteiger partial charge in [0.2, 0.25) is 6.29 Å². The fraction of sp³-hybridized carbons (Fsp3) is 0.529. The fourth-order valence-electron chi connectivity index (χ4n) is 6.11. The van der Waals surface area contributed by atoms with E-state index < -0.39 is 18.0 Å². The summed E-state index contributed by atoms with van der Waals surface area (Å²) in [4.78, 5) is 0. The molecule has 208 valence electrons. The maximum absolute atomic E-state index is 10.8. The summed E-state index contributed by atoms with van der Waals surface area (Å²) in [6.07, 6.45) is 8.81. The summed E-state index contributed by atoms with van der Waals surface area (Å²) in [5.74, 6) is 1.64. The standard InChI is InChI=1S/C34H48O4/c1-10-33(9,26(8)35)34(11-2,12-3)38-31-24(6)20-29(21-25(31)7)28-18-22(4)30(23(5)19-28)37-32(36)27-16-14-13-15-17-27/h13-14,16,18-21,26,32,35-36H,10-12,15,17H2,1-9H3. The highest BCUT2D eigenvalue weighted by Gasteiger charge is 2.50. The highest BCUT2D eigenvalue weighted by molar-refractivity contribution is 5.70. The van der Waals surface area contributed by atoms with Crippen molar-refractivity contribution in [2.24, 2.45) is 5.41 Å². The van der Waals surface area contributed by atoms with Crippen molar-refractivity contribution in [1.82, 2.24) is 0 Å². The molecule has 2 N–H and O–H groups in total. The Labute approximate surface area is 230 Å². The second-order valence-corrected chi connectivity index (χ2v) is 11.3. The quantitative estimate of drug-likeness (QED) is 0.293. The normalized spacial score (nSPS) is 17.0. The number of hydrogen-bond acceptors (Lipinski definition) is 4. The van der Waals surface area contributed by atoms with E-state index in [1.54, 1.807) is 0 Å². The number of rotatable bonds is 11. The molecule has 0 aromatic heterocycles. The Kier molecular flexibility index (Phi) is 9.54. The summed E-state index contributed by atoms with van der Waals surface area (Å²) >= 11 is 0. The van der Waals surface area contributed by atoms with Crippen molar-refractivity contribution in [2.45, 2.75) is 112 Å². The SMILES string of the molecule is CCC(CC)(Oc1c(C)cc(-c2cc(C)c(OC(O)C3=CC=CCC3)c(C)c2)cc1C)C(C)(CC)C(C)O. The Morgan fingerprint density at radius 1 is 0.816 bits per heavy atom. The second kappa shape index (κ2) is 12.1. The second-order valence-electron chi connectivity index (χ2n) is 11.3. The molecule has 38 heavy (non-hydrogen) atoms. The van der Waals surface area contributed by atoms with Gasteiger partial charge in [-0.25, -0.2) is 0 Å². The Morgan fingerprint density at radius 2 is 1.32 bits per heavy atom. The van der Waals surface area contributed by atoms with Gasteiger partial charge in [-0.2, -0.15) is 0 Å². The number of aliphatic hydroxyl groups is 2. The van der Waals surface area contributed by atoms with Gasteiger partial charge in [0.05, 0.1) is 6.10 Å². The smallest absolute Gasteiger partial charge is 0.220 e. The molecule has 2 aromatic rings. The molecule has 0 spiro atoms. The number of allylic oxidation sites excluding steroid dienone is 3. The number of aliphatic hydroxyl groups excluding tert-OH is 2. The molecule has 0 fully saturated rings. The lowest BCUT2D eigenvalue weighted by molar-refractivity contribution is -0.120. The summed E-state index contributed by atoms with van der Waals surface area (Å²) in [5, 5.41) is 21.4. The summed E-state index contributed by atoms with van der Waals surface area (Å²) in [5.41, 5.74) is 6.45. The van der Waals surface area contributed by atoms with Gasteiger partial charge in [0.1, 0.15) is 17.1 Å². The molecule has 4 nitrogen and oxygen atoms in total. The third kappa shape index (κ3) is 5.72. The van der Waals surface area contributed by atoms with Crippen molar-refractivity contribution in [3.05, 3.63) is 70.3 Å². The molecule has 3 atom stereocenters. The Bertz CT molecular complexity index is 1140. The van der Waals surface area contributed by atoms with Gasteiger partial charge in [0, 0.05) is 5.41 Å². The molecule has 0 heterocycles. The number of hydrogen-bond donors (Lipinski definition) is 2. The maximum Gasteiger partial charge on any atom is 0.220 e. The lowest BCUT2D eigenvalue weighted by Gasteiger charge is -2.50. The zero-order chi connectivity index (χ0) is 28.3. The van der Waals surface area contributed by atoms with E-state index in [4.69, 9.17) is 9.47 Å². The molecule has 0 radical (unpaired) electrons. The molecule has 0 bridgehead atoms. The van der Waals surface area contributed by atoms with E-state index in [9.17, 15) is 10.2 Å². The Balaban J connectivity index is 1.95. The zero-order valence-corrected chi connectivity index (χ0v) is 24.9. The first-order chi connectivity index (χ1) is 17.9.